The maximum Gasteiger partial charge on any atom is 0.151 e. The molecule has 9 heteroatoms. The first-order valence-electron chi connectivity index (χ1n) is 8.99. The standard InChI is InChI=1S/C19H20FN5O2S/c1-28(26,27)12-13-5-6-21-18(8-13)24-19-9-14(16(20)11-22-19)15-10-23-25-7-3-2-4-17(15)25/h5-6,8-11H,2-4,7,12H2,1H3,(H,21,22,24). The van der Waals surface area contributed by atoms with Gasteiger partial charge in [0.15, 0.2) is 9.84 Å². The lowest BCUT2D eigenvalue weighted by Crippen LogP contribution is -2.11. The van der Waals surface area contributed by atoms with Gasteiger partial charge in [0.05, 0.1) is 18.1 Å². The van der Waals surface area contributed by atoms with Gasteiger partial charge in [0.25, 0.3) is 0 Å². The third-order valence-electron chi connectivity index (χ3n) is 4.64. The van der Waals surface area contributed by atoms with Gasteiger partial charge < -0.3 is 5.32 Å². The Morgan fingerprint density at radius 2 is 1.96 bits per heavy atom. The lowest BCUT2D eigenvalue weighted by atomic mass is 10.0. The SMILES string of the molecule is CS(=O)(=O)Cc1ccnc(Nc2cc(-c3cnn4c3CCCC4)c(F)cn2)c1. The van der Waals surface area contributed by atoms with E-state index in [0.717, 1.165) is 37.1 Å². The Balaban J connectivity index is 1.63. The lowest BCUT2D eigenvalue weighted by Gasteiger charge is -2.15. The highest BCUT2D eigenvalue weighted by Gasteiger charge is 2.19. The summed E-state index contributed by atoms with van der Waals surface area (Å²) < 4.78 is 39.4. The minimum atomic E-state index is -3.15. The molecule has 7 nitrogen and oxygen atoms in total. The number of pyridine rings is 2. The fourth-order valence-corrected chi connectivity index (χ4v) is 4.21. The zero-order chi connectivity index (χ0) is 19.7. The Morgan fingerprint density at radius 3 is 2.79 bits per heavy atom. The monoisotopic (exact) mass is 401 g/mol. The highest BCUT2D eigenvalue weighted by Crippen LogP contribution is 2.31. The fraction of sp³-hybridized carbons (Fsp3) is 0.316. The molecule has 0 saturated heterocycles. The summed E-state index contributed by atoms with van der Waals surface area (Å²) in [7, 11) is -3.15. The van der Waals surface area contributed by atoms with Gasteiger partial charge in [-0.15, -0.1) is 0 Å². The molecule has 146 valence electrons. The average Bonchev–Trinajstić information content (AvgIpc) is 3.06. The van der Waals surface area contributed by atoms with Crippen molar-refractivity contribution in [1.29, 1.82) is 0 Å². The molecule has 4 heterocycles. The van der Waals surface area contributed by atoms with Crippen LogP contribution in [0.3, 0.4) is 0 Å². The van der Waals surface area contributed by atoms with E-state index in [1.165, 1.54) is 18.6 Å². The van der Waals surface area contributed by atoms with E-state index >= 15 is 0 Å². The molecule has 0 unspecified atom stereocenters. The van der Waals surface area contributed by atoms with E-state index in [1.54, 1.807) is 24.4 Å². The van der Waals surface area contributed by atoms with E-state index in [-0.39, 0.29) is 5.75 Å². The Bertz CT molecular complexity index is 1130. The van der Waals surface area contributed by atoms with Gasteiger partial charge in [-0.2, -0.15) is 5.10 Å². The quantitative estimate of drug-likeness (QED) is 0.707. The summed E-state index contributed by atoms with van der Waals surface area (Å²) in [5, 5.41) is 7.40. The van der Waals surface area contributed by atoms with Crippen molar-refractivity contribution in [2.45, 2.75) is 31.6 Å². The molecular formula is C19H20FN5O2S. The number of nitrogens with zero attached hydrogens (tertiary/aromatic N) is 4. The average molecular weight is 401 g/mol. The van der Waals surface area contributed by atoms with Crippen molar-refractivity contribution >= 4 is 21.5 Å². The molecule has 0 atom stereocenters. The first kappa shape index (κ1) is 18.5. The summed E-state index contributed by atoms with van der Waals surface area (Å²) >= 11 is 0. The van der Waals surface area contributed by atoms with Gasteiger partial charge in [0.2, 0.25) is 0 Å². The van der Waals surface area contributed by atoms with Crippen LogP contribution in [0.25, 0.3) is 11.1 Å². The van der Waals surface area contributed by atoms with Gasteiger partial charge in [0, 0.05) is 35.8 Å². The molecule has 3 aromatic rings. The van der Waals surface area contributed by atoms with Crippen LogP contribution < -0.4 is 5.32 Å². The van der Waals surface area contributed by atoms with E-state index in [1.807, 2.05) is 4.68 Å². The molecule has 0 saturated carbocycles. The van der Waals surface area contributed by atoms with Gasteiger partial charge in [-0.1, -0.05) is 0 Å². The third-order valence-corrected chi connectivity index (χ3v) is 5.49. The molecule has 1 N–H and O–H groups in total. The second-order valence-electron chi connectivity index (χ2n) is 6.98. The van der Waals surface area contributed by atoms with Crippen molar-refractivity contribution in [3.63, 3.8) is 0 Å². The Morgan fingerprint density at radius 1 is 1.14 bits per heavy atom. The lowest BCUT2D eigenvalue weighted by molar-refractivity contribution is 0.486. The molecule has 0 spiro atoms. The first-order valence-corrected chi connectivity index (χ1v) is 11.1. The van der Waals surface area contributed by atoms with Gasteiger partial charge >= 0.3 is 0 Å². The second kappa shape index (κ2) is 7.31. The molecule has 4 rings (SSSR count). The van der Waals surface area contributed by atoms with Crippen molar-refractivity contribution in [2.75, 3.05) is 11.6 Å². The molecule has 0 radical (unpaired) electrons. The van der Waals surface area contributed by atoms with Crippen molar-refractivity contribution in [3.8, 4) is 11.1 Å². The molecule has 28 heavy (non-hydrogen) atoms. The van der Waals surface area contributed by atoms with Crippen LogP contribution in [0.1, 0.15) is 24.1 Å². The largest absolute Gasteiger partial charge is 0.325 e. The van der Waals surface area contributed by atoms with Gasteiger partial charge in [0.1, 0.15) is 17.5 Å². The van der Waals surface area contributed by atoms with E-state index in [9.17, 15) is 12.8 Å². The van der Waals surface area contributed by atoms with E-state index in [0.29, 0.717) is 22.8 Å². The van der Waals surface area contributed by atoms with Crippen LogP contribution in [0, 0.1) is 5.82 Å². The van der Waals surface area contributed by atoms with Gasteiger partial charge in [-0.25, -0.2) is 22.8 Å². The molecular weight excluding hydrogens is 381 g/mol. The fourth-order valence-electron chi connectivity index (χ4n) is 3.43. The molecule has 3 aromatic heterocycles. The van der Waals surface area contributed by atoms with Crippen molar-refractivity contribution in [3.05, 3.63) is 53.9 Å². The van der Waals surface area contributed by atoms with E-state index < -0.39 is 15.7 Å². The summed E-state index contributed by atoms with van der Waals surface area (Å²) in [5.41, 5.74) is 2.87. The number of hydrogen-bond donors (Lipinski definition) is 1. The minimum Gasteiger partial charge on any atom is -0.325 e. The molecule has 0 aliphatic carbocycles. The first-order chi connectivity index (χ1) is 13.4. The molecule has 1 aliphatic heterocycles. The Labute approximate surface area is 162 Å². The second-order valence-corrected chi connectivity index (χ2v) is 9.12. The van der Waals surface area contributed by atoms with Crippen LogP contribution in [0.5, 0.6) is 0 Å². The van der Waals surface area contributed by atoms with Gasteiger partial charge in [-0.3, -0.25) is 4.68 Å². The van der Waals surface area contributed by atoms with Crippen molar-refractivity contribution < 1.29 is 12.8 Å². The maximum atomic E-state index is 14.5. The maximum absolute atomic E-state index is 14.5. The number of halogens is 1. The summed E-state index contributed by atoms with van der Waals surface area (Å²) in [5.74, 6) is 0.389. The van der Waals surface area contributed by atoms with Crippen LogP contribution >= 0.6 is 0 Å². The van der Waals surface area contributed by atoms with Crippen LogP contribution in [-0.4, -0.2) is 34.4 Å². The number of aryl methyl sites for hydroxylation is 1. The molecule has 0 amide bonds. The zero-order valence-electron chi connectivity index (χ0n) is 15.4. The number of aromatic nitrogens is 4. The molecule has 1 aliphatic rings. The van der Waals surface area contributed by atoms with Gasteiger partial charge in [-0.05, 0) is 43.0 Å². The zero-order valence-corrected chi connectivity index (χ0v) is 16.2. The Kier molecular flexibility index (Phi) is 4.84. The van der Waals surface area contributed by atoms with Crippen molar-refractivity contribution in [1.82, 2.24) is 19.7 Å². The minimum absolute atomic E-state index is 0.0746. The van der Waals surface area contributed by atoms with Crippen LogP contribution in [0.4, 0.5) is 16.0 Å². The Hall–Kier alpha value is -2.81. The number of sulfone groups is 1. The summed E-state index contributed by atoms with van der Waals surface area (Å²) in [6.07, 6.45) is 8.60. The van der Waals surface area contributed by atoms with Crippen LogP contribution in [0.15, 0.2) is 36.8 Å². The number of nitrogens with one attached hydrogen (secondary N) is 1. The number of rotatable bonds is 5. The molecule has 0 fully saturated rings. The van der Waals surface area contributed by atoms with E-state index in [4.69, 9.17) is 0 Å². The summed E-state index contributed by atoms with van der Waals surface area (Å²) in [6.45, 7) is 0.851. The number of anilines is 2. The highest BCUT2D eigenvalue weighted by atomic mass is 32.2. The van der Waals surface area contributed by atoms with E-state index in [2.05, 4.69) is 20.4 Å². The number of fused-ring (bicyclic) bond motifs is 1. The van der Waals surface area contributed by atoms with Crippen molar-refractivity contribution in [2.24, 2.45) is 0 Å². The predicted molar refractivity (Wildman–Crippen MR) is 104 cm³/mol. The number of hydrogen-bond acceptors (Lipinski definition) is 6. The normalized spacial score (nSPS) is 13.9. The summed E-state index contributed by atoms with van der Waals surface area (Å²) in [4.78, 5) is 8.28. The smallest absolute Gasteiger partial charge is 0.151 e. The highest BCUT2D eigenvalue weighted by molar-refractivity contribution is 7.89. The van der Waals surface area contributed by atoms with Crippen LogP contribution in [-0.2, 0) is 28.6 Å². The molecule has 0 aromatic carbocycles. The topological polar surface area (TPSA) is 89.8 Å². The predicted octanol–water partition coefficient (Wildman–Crippen LogP) is 3.10. The van der Waals surface area contributed by atoms with Crippen LogP contribution in [0.2, 0.25) is 0 Å². The third kappa shape index (κ3) is 4.04. The molecule has 0 bridgehead atoms. The summed E-state index contributed by atoms with van der Waals surface area (Å²) in [6, 6.07) is 4.93.